The zero-order valence-corrected chi connectivity index (χ0v) is 22.6. The molecule has 8 nitrogen and oxygen atoms in total. The van der Waals surface area contributed by atoms with Crippen molar-refractivity contribution in [2.45, 2.75) is 24.4 Å². The van der Waals surface area contributed by atoms with Crippen LogP contribution in [0.1, 0.15) is 29.5 Å². The Labute approximate surface area is 233 Å². The molecule has 0 saturated carbocycles. The van der Waals surface area contributed by atoms with Gasteiger partial charge in [0.2, 0.25) is 0 Å². The summed E-state index contributed by atoms with van der Waals surface area (Å²) in [4.78, 5) is 14.4. The lowest BCUT2D eigenvalue weighted by Crippen LogP contribution is -2.18. The summed E-state index contributed by atoms with van der Waals surface area (Å²) in [7, 11) is -3.89. The molecule has 0 unspecified atom stereocenters. The van der Waals surface area contributed by atoms with Gasteiger partial charge in [-0.05, 0) is 74.0 Å². The van der Waals surface area contributed by atoms with E-state index in [1.54, 1.807) is 30.3 Å². The molecule has 0 radical (unpaired) electrons. The first-order chi connectivity index (χ1) is 19.5. The lowest BCUT2D eigenvalue weighted by Gasteiger charge is -2.14. The molecule has 0 spiro atoms. The van der Waals surface area contributed by atoms with Crippen molar-refractivity contribution >= 4 is 38.0 Å². The molecule has 3 heterocycles. The number of hydrogen-bond donors (Lipinski definition) is 3. The molecule has 1 fully saturated rings. The van der Waals surface area contributed by atoms with Gasteiger partial charge in [-0.25, -0.2) is 9.98 Å². The van der Waals surface area contributed by atoms with Crippen LogP contribution >= 0.6 is 0 Å². The Morgan fingerprint density at radius 2 is 1.70 bits per heavy atom. The van der Waals surface area contributed by atoms with Gasteiger partial charge in [0.1, 0.15) is 0 Å². The molecule has 202 valence electrons. The third kappa shape index (κ3) is 5.47. The first-order valence-corrected chi connectivity index (χ1v) is 14.7. The summed E-state index contributed by atoms with van der Waals surface area (Å²) in [6, 6.07) is 27.6. The monoisotopic (exact) mass is 551 g/mol. The highest BCUT2D eigenvalue weighted by Crippen LogP contribution is 2.33. The second kappa shape index (κ2) is 11.0. The number of aromatic hydroxyl groups is 1. The standard InChI is InChI=1S/C31H29N5O3S/c37-31-29(26-20-25(15-16-27(26)34-31)35-40(38,39)28-10-4-5-17-32-28)30(23-8-2-1-3-9-23)33-24-13-11-22(12-14-24)21-36-18-6-7-19-36/h1-5,8-17,20,34-35,37H,6-7,18-19,21H2. The van der Waals surface area contributed by atoms with Crippen LogP contribution in [-0.4, -0.2) is 47.2 Å². The summed E-state index contributed by atoms with van der Waals surface area (Å²) in [5.41, 5.74) is 4.86. The Kier molecular flexibility index (Phi) is 7.06. The number of aliphatic imine (C=N–C) groups is 1. The van der Waals surface area contributed by atoms with E-state index in [-0.39, 0.29) is 10.9 Å². The topological polar surface area (TPSA) is 111 Å². The second-order valence-electron chi connectivity index (χ2n) is 9.86. The number of fused-ring (bicyclic) bond motifs is 1. The van der Waals surface area contributed by atoms with Crippen LogP contribution in [0.2, 0.25) is 0 Å². The minimum absolute atomic E-state index is 0.0482. The molecule has 1 aliphatic rings. The highest BCUT2D eigenvalue weighted by Gasteiger charge is 2.21. The van der Waals surface area contributed by atoms with E-state index in [1.165, 1.54) is 30.7 Å². The summed E-state index contributed by atoms with van der Waals surface area (Å²) in [5, 5.41) is 11.6. The van der Waals surface area contributed by atoms with Gasteiger partial charge in [-0.2, -0.15) is 8.42 Å². The van der Waals surface area contributed by atoms with Crippen molar-refractivity contribution in [3.8, 4) is 5.88 Å². The number of rotatable bonds is 8. The first-order valence-electron chi connectivity index (χ1n) is 13.2. The Morgan fingerprint density at radius 3 is 2.42 bits per heavy atom. The zero-order chi connectivity index (χ0) is 27.5. The summed E-state index contributed by atoms with van der Waals surface area (Å²) in [5.74, 6) is -0.0482. The van der Waals surface area contributed by atoms with Gasteiger partial charge >= 0.3 is 0 Å². The maximum Gasteiger partial charge on any atom is 0.279 e. The van der Waals surface area contributed by atoms with Crippen LogP contribution < -0.4 is 4.72 Å². The number of hydrogen-bond acceptors (Lipinski definition) is 6. The molecule has 0 bridgehead atoms. The number of likely N-dealkylation sites (tertiary alicyclic amines) is 1. The summed E-state index contributed by atoms with van der Waals surface area (Å²) >= 11 is 0. The Morgan fingerprint density at radius 1 is 0.950 bits per heavy atom. The van der Waals surface area contributed by atoms with Crippen LogP contribution in [0.3, 0.4) is 0 Å². The molecule has 2 aromatic heterocycles. The molecule has 5 aromatic rings. The summed E-state index contributed by atoms with van der Waals surface area (Å²) in [6.07, 6.45) is 3.94. The number of benzene rings is 3. The molecule has 1 aliphatic heterocycles. The van der Waals surface area contributed by atoms with Gasteiger partial charge in [-0.3, -0.25) is 9.62 Å². The Balaban J connectivity index is 1.39. The quantitative estimate of drug-likeness (QED) is 0.210. The largest absolute Gasteiger partial charge is 0.494 e. The number of nitrogens with zero attached hydrogens (tertiary/aromatic N) is 3. The van der Waals surface area contributed by atoms with Crippen molar-refractivity contribution < 1.29 is 13.5 Å². The fraction of sp³-hybridized carbons (Fsp3) is 0.161. The van der Waals surface area contributed by atoms with Crippen LogP contribution in [0.5, 0.6) is 5.88 Å². The number of H-pyrrole nitrogens is 1. The zero-order valence-electron chi connectivity index (χ0n) is 21.8. The molecule has 6 rings (SSSR count). The van der Waals surface area contributed by atoms with Crippen molar-refractivity contribution in [3.63, 3.8) is 0 Å². The summed E-state index contributed by atoms with van der Waals surface area (Å²) in [6.45, 7) is 3.20. The van der Waals surface area contributed by atoms with Gasteiger partial charge in [-0.1, -0.05) is 48.5 Å². The van der Waals surface area contributed by atoms with Crippen LogP contribution in [0.15, 0.2) is 107 Å². The maximum absolute atomic E-state index is 12.9. The van der Waals surface area contributed by atoms with Gasteiger partial charge in [0.05, 0.1) is 17.0 Å². The number of pyridine rings is 1. The normalized spacial score (nSPS) is 14.6. The van der Waals surface area contributed by atoms with E-state index in [0.29, 0.717) is 27.9 Å². The van der Waals surface area contributed by atoms with Gasteiger partial charge in [0.15, 0.2) is 10.9 Å². The van der Waals surface area contributed by atoms with Crippen LogP contribution in [0.4, 0.5) is 11.4 Å². The molecule has 40 heavy (non-hydrogen) atoms. The minimum Gasteiger partial charge on any atom is -0.494 e. The molecule has 0 amide bonds. The molecular formula is C31H29N5O3S. The first kappa shape index (κ1) is 25.8. The molecule has 0 aliphatic carbocycles. The number of sulfonamides is 1. The predicted molar refractivity (Wildman–Crippen MR) is 158 cm³/mol. The SMILES string of the molecule is O=S(=O)(Nc1ccc2[nH]c(O)c(C(=Nc3ccc(CN4CCCC4)cc3)c3ccccc3)c2c1)c1ccccn1. The molecule has 1 saturated heterocycles. The van der Waals surface area contributed by atoms with Gasteiger partial charge in [0, 0.05) is 34.9 Å². The molecule has 3 N–H and O–H groups in total. The van der Waals surface area contributed by atoms with Crippen molar-refractivity contribution in [3.05, 3.63) is 114 Å². The van der Waals surface area contributed by atoms with Gasteiger partial charge in [-0.15, -0.1) is 0 Å². The van der Waals surface area contributed by atoms with Gasteiger partial charge in [0.25, 0.3) is 10.0 Å². The lowest BCUT2D eigenvalue weighted by molar-refractivity contribution is 0.331. The van der Waals surface area contributed by atoms with E-state index in [1.807, 2.05) is 42.5 Å². The average molecular weight is 552 g/mol. The smallest absolute Gasteiger partial charge is 0.279 e. The van der Waals surface area contributed by atoms with Crippen molar-refractivity contribution in [2.24, 2.45) is 4.99 Å². The van der Waals surface area contributed by atoms with Gasteiger partial charge < -0.3 is 10.1 Å². The third-order valence-corrected chi connectivity index (χ3v) is 8.31. The van der Waals surface area contributed by atoms with E-state index in [2.05, 4.69) is 31.7 Å². The number of anilines is 1. The number of nitrogens with one attached hydrogen (secondary N) is 2. The molecule has 3 aromatic carbocycles. The van der Waals surface area contributed by atoms with Crippen LogP contribution in [-0.2, 0) is 16.6 Å². The number of aromatic amines is 1. The van der Waals surface area contributed by atoms with E-state index < -0.39 is 10.0 Å². The van der Waals surface area contributed by atoms with Crippen molar-refractivity contribution in [2.75, 3.05) is 17.8 Å². The average Bonchev–Trinajstić information content (AvgIpc) is 3.60. The van der Waals surface area contributed by atoms with E-state index in [9.17, 15) is 13.5 Å². The van der Waals surface area contributed by atoms with Crippen LogP contribution in [0.25, 0.3) is 10.9 Å². The number of aromatic nitrogens is 2. The maximum atomic E-state index is 12.9. The van der Waals surface area contributed by atoms with Crippen molar-refractivity contribution in [1.29, 1.82) is 0 Å². The second-order valence-corrected chi connectivity index (χ2v) is 11.5. The van der Waals surface area contributed by atoms with E-state index in [0.717, 1.165) is 30.9 Å². The fourth-order valence-electron chi connectivity index (χ4n) is 5.06. The van der Waals surface area contributed by atoms with E-state index >= 15 is 0 Å². The molecule has 9 heteroatoms. The molecule has 0 atom stereocenters. The molecular weight excluding hydrogens is 522 g/mol. The fourth-order valence-corrected chi connectivity index (χ4v) is 6.06. The van der Waals surface area contributed by atoms with Crippen molar-refractivity contribution in [1.82, 2.24) is 14.9 Å². The third-order valence-electron chi connectivity index (χ3n) is 7.01. The lowest BCUT2D eigenvalue weighted by atomic mass is 10.0. The Bertz CT molecular complexity index is 1760. The highest BCUT2D eigenvalue weighted by molar-refractivity contribution is 7.92. The Hall–Kier alpha value is -4.47. The van der Waals surface area contributed by atoms with E-state index in [4.69, 9.17) is 4.99 Å². The highest BCUT2D eigenvalue weighted by atomic mass is 32.2. The predicted octanol–water partition coefficient (Wildman–Crippen LogP) is 5.83. The minimum atomic E-state index is -3.89. The summed E-state index contributed by atoms with van der Waals surface area (Å²) < 4.78 is 28.4. The van der Waals surface area contributed by atoms with Crippen LogP contribution in [0, 0.1) is 0 Å².